The van der Waals surface area contributed by atoms with Crippen LogP contribution in [0, 0.1) is 0 Å². The Balaban J connectivity index is 2.52. The van der Waals surface area contributed by atoms with E-state index in [1.165, 1.54) is 0 Å². The first-order valence-corrected chi connectivity index (χ1v) is 10.3. The van der Waals surface area contributed by atoms with Crippen LogP contribution in [0.5, 0.6) is 11.5 Å². The third-order valence-corrected chi connectivity index (χ3v) is 6.54. The lowest BCUT2D eigenvalue weighted by Crippen LogP contribution is -2.01. The second kappa shape index (κ2) is 7.09. The third kappa shape index (κ3) is 4.32. The van der Waals surface area contributed by atoms with E-state index >= 15 is 0 Å². The van der Waals surface area contributed by atoms with Gasteiger partial charge in [0, 0.05) is 0 Å². The molecule has 0 aliphatic heterocycles. The molecule has 2 aromatic carbocycles. The van der Waals surface area contributed by atoms with E-state index in [-0.39, 0.29) is 21.5 Å². The SMILES string of the molecule is O=S(=O)(O)c1ccc(Oc2ccc(S(=O)(=O)O)c(Cl)c2Cl)c(Cl)c1Cl. The quantitative estimate of drug-likeness (QED) is 0.631. The Morgan fingerprint density at radius 2 is 0.960 bits per heavy atom. The lowest BCUT2D eigenvalue weighted by Gasteiger charge is -2.13. The molecule has 0 spiro atoms. The summed E-state index contributed by atoms with van der Waals surface area (Å²) in [7, 11) is -9.19. The third-order valence-electron chi connectivity index (χ3n) is 2.80. The van der Waals surface area contributed by atoms with Crippen LogP contribution in [-0.4, -0.2) is 25.9 Å². The van der Waals surface area contributed by atoms with Crippen LogP contribution in [0.15, 0.2) is 34.1 Å². The van der Waals surface area contributed by atoms with Crippen LogP contribution < -0.4 is 4.74 Å². The van der Waals surface area contributed by atoms with Gasteiger partial charge < -0.3 is 4.74 Å². The molecule has 136 valence electrons. The maximum Gasteiger partial charge on any atom is 0.296 e. The van der Waals surface area contributed by atoms with Gasteiger partial charge in [-0.05, 0) is 24.3 Å². The van der Waals surface area contributed by atoms with Gasteiger partial charge in [0.15, 0.2) is 0 Å². The summed E-state index contributed by atoms with van der Waals surface area (Å²) in [5.41, 5.74) is 0. The Kier molecular flexibility index (Phi) is 5.82. The van der Waals surface area contributed by atoms with Crippen molar-refractivity contribution in [3.8, 4) is 11.5 Å². The first kappa shape index (κ1) is 20.5. The van der Waals surface area contributed by atoms with Crippen LogP contribution in [0.4, 0.5) is 0 Å². The minimum atomic E-state index is -4.60. The molecule has 0 radical (unpaired) electrons. The molecule has 25 heavy (non-hydrogen) atoms. The van der Waals surface area contributed by atoms with Crippen molar-refractivity contribution >= 4 is 66.6 Å². The maximum absolute atomic E-state index is 11.2. The topological polar surface area (TPSA) is 118 Å². The molecule has 0 bridgehead atoms. The van der Waals surface area contributed by atoms with Gasteiger partial charge in [-0.2, -0.15) is 16.8 Å². The van der Waals surface area contributed by atoms with E-state index in [1.54, 1.807) is 0 Å². The van der Waals surface area contributed by atoms with E-state index in [0.29, 0.717) is 0 Å². The van der Waals surface area contributed by atoms with Crippen molar-refractivity contribution in [1.82, 2.24) is 0 Å². The van der Waals surface area contributed by atoms with Gasteiger partial charge >= 0.3 is 0 Å². The van der Waals surface area contributed by atoms with Gasteiger partial charge in [0.2, 0.25) is 0 Å². The summed E-state index contributed by atoms with van der Waals surface area (Å²) in [4.78, 5) is -1.25. The summed E-state index contributed by atoms with van der Waals surface area (Å²) in [5.74, 6) is -0.284. The molecule has 0 amide bonds. The summed E-state index contributed by atoms with van der Waals surface area (Å²) < 4.78 is 68.0. The highest BCUT2D eigenvalue weighted by atomic mass is 35.5. The average Bonchev–Trinajstić information content (AvgIpc) is 2.46. The van der Waals surface area contributed by atoms with E-state index in [9.17, 15) is 16.8 Å². The largest absolute Gasteiger partial charge is 0.454 e. The standard InChI is InChI=1S/C12H6Cl4O7S2/c13-9-5(1-3-7(11(9)15)24(17,18)19)23-6-2-4-8(25(20,21)22)12(16)10(6)14/h1-4H,(H,17,18,19)(H,20,21,22). The van der Waals surface area contributed by atoms with Gasteiger partial charge in [-0.3, -0.25) is 9.11 Å². The van der Waals surface area contributed by atoms with Crippen LogP contribution in [0.3, 0.4) is 0 Å². The molecule has 0 aromatic heterocycles. The molecule has 0 atom stereocenters. The van der Waals surface area contributed by atoms with Gasteiger partial charge in [-0.25, -0.2) is 0 Å². The molecule has 13 heteroatoms. The van der Waals surface area contributed by atoms with E-state index in [1.807, 2.05) is 0 Å². The molecule has 2 rings (SSSR count). The Morgan fingerprint density at radius 1 is 0.640 bits per heavy atom. The molecule has 0 heterocycles. The lowest BCUT2D eigenvalue weighted by atomic mass is 10.3. The molecular formula is C12H6Cl4O7S2. The van der Waals surface area contributed by atoms with Crippen LogP contribution >= 0.6 is 46.4 Å². The van der Waals surface area contributed by atoms with Crippen molar-refractivity contribution in [2.45, 2.75) is 9.79 Å². The highest BCUT2D eigenvalue weighted by Crippen LogP contribution is 2.43. The van der Waals surface area contributed by atoms with Gasteiger partial charge in [-0.15, -0.1) is 0 Å². The Labute approximate surface area is 162 Å². The molecule has 0 fully saturated rings. The van der Waals surface area contributed by atoms with Crippen molar-refractivity contribution in [2.75, 3.05) is 0 Å². The molecule has 0 aliphatic carbocycles. The smallest absolute Gasteiger partial charge is 0.296 e. The summed E-state index contributed by atoms with van der Waals surface area (Å²) in [6, 6.07) is 4.08. The summed E-state index contributed by atoms with van der Waals surface area (Å²) in [6.07, 6.45) is 0. The fourth-order valence-electron chi connectivity index (χ4n) is 1.70. The van der Waals surface area contributed by atoms with E-state index in [4.69, 9.17) is 60.2 Å². The fraction of sp³-hybridized carbons (Fsp3) is 0. The number of halogens is 4. The van der Waals surface area contributed by atoms with Crippen molar-refractivity contribution in [1.29, 1.82) is 0 Å². The second-order valence-corrected chi connectivity index (χ2v) is 8.72. The lowest BCUT2D eigenvalue weighted by molar-refractivity contribution is 0.477. The van der Waals surface area contributed by atoms with E-state index < -0.39 is 40.1 Å². The Morgan fingerprint density at radius 3 is 1.24 bits per heavy atom. The highest BCUT2D eigenvalue weighted by molar-refractivity contribution is 7.86. The minimum absolute atomic E-state index is 0.142. The zero-order chi connectivity index (χ0) is 19.2. The number of benzene rings is 2. The fourth-order valence-corrected chi connectivity index (χ4v) is 4.26. The number of rotatable bonds is 4. The summed E-state index contributed by atoms with van der Waals surface area (Å²) in [5, 5.41) is -1.66. The predicted molar refractivity (Wildman–Crippen MR) is 92.6 cm³/mol. The highest BCUT2D eigenvalue weighted by Gasteiger charge is 2.23. The molecule has 0 saturated carbocycles. The average molecular weight is 468 g/mol. The van der Waals surface area contributed by atoms with Crippen molar-refractivity contribution in [3.05, 3.63) is 44.4 Å². The molecule has 2 N–H and O–H groups in total. The predicted octanol–water partition coefficient (Wildman–Crippen LogP) is 4.59. The second-order valence-electron chi connectivity index (χ2n) is 4.43. The van der Waals surface area contributed by atoms with Gasteiger partial charge in [0.1, 0.15) is 31.3 Å². The number of ether oxygens (including phenoxy) is 1. The molecule has 0 saturated heterocycles. The van der Waals surface area contributed by atoms with Crippen molar-refractivity contribution in [3.63, 3.8) is 0 Å². The number of hydrogen-bond donors (Lipinski definition) is 2. The van der Waals surface area contributed by atoms with Crippen LogP contribution in [-0.2, 0) is 20.2 Å². The molecule has 7 nitrogen and oxygen atoms in total. The maximum atomic E-state index is 11.2. The molecule has 0 unspecified atom stereocenters. The first-order chi connectivity index (χ1) is 11.3. The molecule has 0 aliphatic rings. The Bertz CT molecular complexity index is 980. The van der Waals surface area contributed by atoms with Gasteiger partial charge in [0.05, 0.1) is 10.0 Å². The van der Waals surface area contributed by atoms with Gasteiger partial charge in [0.25, 0.3) is 20.2 Å². The summed E-state index contributed by atoms with van der Waals surface area (Å²) >= 11 is 23.4. The summed E-state index contributed by atoms with van der Waals surface area (Å²) in [6.45, 7) is 0. The van der Waals surface area contributed by atoms with Crippen LogP contribution in [0.2, 0.25) is 20.1 Å². The van der Waals surface area contributed by atoms with Crippen molar-refractivity contribution < 1.29 is 30.7 Å². The minimum Gasteiger partial charge on any atom is -0.454 e. The molecule has 2 aromatic rings. The van der Waals surface area contributed by atoms with E-state index in [2.05, 4.69) is 0 Å². The molecular weight excluding hydrogens is 462 g/mol. The monoisotopic (exact) mass is 466 g/mol. The normalized spacial score (nSPS) is 12.2. The van der Waals surface area contributed by atoms with Crippen LogP contribution in [0.25, 0.3) is 0 Å². The van der Waals surface area contributed by atoms with Gasteiger partial charge in [-0.1, -0.05) is 46.4 Å². The van der Waals surface area contributed by atoms with E-state index in [0.717, 1.165) is 24.3 Å². The Hall–Kier alpha value is -0.780. The zero-order valence-electron chi connectivity index (χ0n) is 11.6. The zero-order valence-corrected chi connectivity index (χ0v) is 16.2. The van der Waals surface area contributed by atoms with Crippen LogP contribution in [0.1, 0.15) is 0 Å². The number of hydrogen-bond acceptors (Lipinski definition) is 5. The first-order valence-electron chi connectivity index (χ1n) is 5.93. The van der Waals surface area contributed by atoms with Crippen molar-refractivity contribution in [2.24, 2.45) is 0 Å².